The number of rotatable bonds is 8. The van der Waals surface area contributed by atoms with Crippen molar-refractivity contribution in [3.8, 4) is 11.5 Å². The van der Waals surface area contributed by atoms with E-state index in [2.05, 4.69) is 17.6 Å². The van der Waals surface area contributed by atoms with Crippen molar-refractivity contribution in [1.82, 2.24) is 4.90 Å². The smallest absolute Gasteiger partial charge is 0.419 e. The van der Waals surface area contributed by atoms with Crippen LogP contribution < -0.4 is 14.4 Å². The van der Waals surface area contributed by atoms with Crippen LogP contribution in [0, 0.1) is 0 Å². The summed E-state index contributed by atoms with van der Waals surface area (Å²) in [7, 11) is 2.05. The summed E-state index contributed by atoms with van der Waals surface area (Å²) in [6.07, 6.45) is 7.46. The van der Waals surface area contributed by atoms with Gasteiger partial charge in [0.25, 0.3) is 0 Å². The number of hydrogen-bond acceptors (Lipinski definition) is 4. The molecule has 0 aromatic heterocycles. The van der Waals surface area contributed by atoms with Gasteiger partial charge in [0.2, 0.25) is 0 Å². The molecular formula is C24H28N2O3. The van der Waals surface area contributed by atoms with Gasteiger partial charge in [-0.2, -0.15) is 0 Å². The summed E-state index contributed by atoms with van der Waals surface area (Å²) < 4.78 is 11.4. The minimum Gasteiger partial charge on any atom is -0.490 e. The normalized spacial score (nSPS) is 13.4. The number of benzene rings is 2. The minimum absolute atomic E-state index is 0.350. The zero-order valence-electron chi connectivity index (χ0n) is 16.9. The first kappa shape index (κ1) is 20.7. The predicted octanol–water partition coefficient (Wildman–Crippen LogP) is 4.69. The number of likely N-dealkylation sites (N-methyl/N-ethyl adjacent to an activating group) is 1. The number of amides is 1. The lowest BCUT2D eigenvalue weighted by molar-refractivity contribution is 0.207. The molecule has 3 rings (SSSR count). The van der Waals surface area contributed by atoms with Gasteiger partial charge in [-0.25, -0.2) is 4.79 Å². The SMILES string of the molecule is C=CCN(C)CC=CCOc1ccc2c(c1)CCCN2C(=O)Oc1ccccc1. The van der Waals surface area contributed by atoms with Crippen LogP contribution in [0.5, 0.6) is 11.5 Å². The zero-order valence-corrected chi connectivity index (χ0v) is 16.9. The Morgan fingerprint density at radius 1 is 1.14 bits per heavy atom. The van der Waals surface area contributed by atoms with E-state index in [9.17, 15) is 4.79 Å². The molecule has 152 valence electrons. The standard InChI is InChI=1S/C24H28N2O3/c1-3-15-25(2)16-7-8-18-28-22-13-14-23-20(19-22)10-9-17-26(23)24(27)29-21-11-5-4-6-12-21/h3-8,11-14,19H,1,9-10,15-18H2,2H3. The zero-order chi connectivity index (χ0) is 20.5. The van der Waals surface area contributed by atoms with E-state index < -0.39 is 0 Å². The maximum Gasteiger partial charge on any atom is 0.419 e. The summed E-state index contributed by atoms with van der Waals surface area (Å²) in [5, 5.41) is 0. The van der Waals surface area contributed by atoms with E-state index in [1.165, 1.54) is 0 Å². The van der Waals surface area contributed by atoms with E-state index in [0.717, 1.165) is 42.9 Å². The Bertz CT molecular complexity index is 848. The van der Waals surface area contributed by atoms with Gasteiger partial charge < -0.3 is 9.47 Å². The van der Waals surface area contributed by atoms with Gasteiger partial charge in [-0.3, -0.25) is 9.80 Å². The highest BCUT2D eigenvalue weighted by Gasteiger charge is 2.24. The van der Waals surface area contributed by atoms with Crippen LogP contribution in [0.15, 0.2) is 73.3 Å². The van der Waals surface area contributed by atoms with Crippen molar-refractivity contribution >= 4 is 11.8 Å². The van der Waals surface area contributed by atoms with Gasteiger partial charge >= 0.3 is 6.09 Å². The van der Waals surface area contributed by atoms with Gasteiger partial charge in [0, 0.05) is 19.6 Å². The van der Waals surface area contributed by atoms with E-state index in [4.69, 9.17) is 9.47 Å². The Morgan fingerprint density at radius 3 is 2.76 bits per heavy atom. The molecular weight excluding hydrogens is 364 g/mol. The first-order valence-corrected chi connectivity index (χ1v) is 9.92. The summed E-state index contributed by atoms with van der Waals surface area (Å²) in [4.78, 5) is 16.5. The molecule has 0 saturated heterocycles. The van der Waals surface area contributed by atoms with Crippen molar-refractivity contribution < 1.29 is 14.3 Å². The van der Waals surface area contributed by atoms with Crippen molar-refractivity contribution in [2.24, 2.45) is 0 Å². The molecule has 0 radical (unpaired) electrons. The van der Waals surface area contributed by atoms with Crippen LogP contribution >= 0.6 is 0 Å². The van der Waals surface area contributed by atoms with Crippen LogP contribution in [-0.4, -0.2) is 44.3 Å². The summed E-state index contributed by atoms with van der Waals surface area (Å²) in [6, 6.07) is 15.0. The van der Waals surface area contributed by atoms with E-state index in [-0.39, 0.29) is 6.09 Å². The average Bonchev–Trinajstić information content (AvgIpc) is 2.74. The Labute approximate surface area is 172 Å². The number of hydrogen-bond donors (Lipinski definition) is 0. The lowest BCUT2D eigenvalue weighted by atomic mass is 10.0. The van der Waals surface area contributed by atoms with Crippen LogP contribution in [0.1, 0.15) is 12.0 Å². The second-order valence-corrected chi connectivity index (χ2v) is 7.02. The molecule has 29 heavy (non-hydrogen) atoms. The molecule has 0 atom stereocenters. The number of fused-ring (bicyclic) bond motifs is 1. The highest BCUT2D eigenvalue weighted by molar-refractivity contribution is 5.90. The van der Waals surface area contributed by atoms with E-state index in [1.54, 1.807) is 17.0 Å². The number of para-hydroxylation sites is 1. The molecule has 0 fully saturated rings. The molecule has 1 heterocycles. The molecule has 2 aromatic carbocycles. The summed E-state index contributed by atoms with van der Waals surface area (Å²) in [5.41, 5.74) is 2.00. The van der Waals surface area contributed by atoms with Gasteiger partial charge in [-0.15, -0.1) is 6.58 Å². The fourth-order valence-electron chi connectivity index (χ4n) is 3.26. The van der Waals surface area contributed by atoms with E-state index >= 15 is 0 Å². The summed E-state index contributed by atoms with van der Waals surface area (Å²) >= 11 is 0. The first-order valence-electron chi connectivity index (χ1n) is 9.92. The van der Waals surface area contributed by atoms with Gasteiger partial charge in [0.05, 0.1) is 5.69 Å². The second-order valence-electron chi connectivity index (χ2n) is 7.02. The van der Waals surface area contributed by atoms with Gasteiger partial charge in [0.15, 0.2) is 0 Å². The molecule has 5 heteroatoms. The Kier molecular flexibility index (Phi) is 7.47. The van der Waals surface area contributed by atoms with Crippen molar-refractivity contribution in [2.45, 2.75) is 12.8 Å². The number of carbonyl (C=O) groups excluding carboxylic acids is 1. The molecule has 0 spiro atoms. The van der Waals surface area contributed by atoms with Crippen molar-refractivity contribution in [3.05, 3.63) is 78.9 Å². The molecule has 1 aliphatic rings. The monoisotopic (exact) mass is 392 g/mol. The Balaban J connectivity index is 1.58. The minimum atomic E-state index is -0.350. The Morgan fingerprint density at radius 2 is 1.97 bits per heavy atom. The van der Waals surface area contributed by atoms with Crippen molar-refractivity contribution in [3.63, 3.8) is 0 Å². The number of ether oxygens (including phenoxy) is 2. The Hall–Kier alpha value is -3.05. The quantitative estimate of drug-likeness (QED) is 0.611. The maximum absolute atomic E-state index is 12.6. The fraction of sp³-hybridized carbons (Fsp3) is 0.292. The van der Waals surface area contributed by atoms with Gasteiger partial charge in [-0.1, -0.05) is 36.4 Å². The fourth-order valence-corrected chi connectivity index (χ4v) is 3.26. The number of aryl methyl sites for hydroxylation is 1. The third-order valence-corrected chi connectivity index (χ3v) is 4.71. The lowest BCUT2D eigenvalue weighted by Gasteiger charge is -2.29. The molecule has 0 unspecified atom stereocenters. The number of nitrogens with zero attached hydrogens (tertiary/aromatic N) is 2. The van der Waals surface area contributed by atoms with E-state index in [1.807, 2.05) is 55.6 Å². The van der Waals surface area contributed by atoms with Crippen LogP contribution in [0.25, 0.3) is 0 Å². The molecule has 2 aromatic rings. The van der Waals surface area contributed by atoms with Crippen LogP contribution in [0.3, 0.4) is 0 Å². The van der Waals surface area contributed by atoms with Crippen LogP contribution in [0.2, 0.25) is 0 Å². The maximum atomic E-state index is 12.6. The third-order valence-electron chi connectivity index (χ3n) is 4.71. The number of anilines is 1. The summed E-state index contributed by atoms with van der Waals surface area (Å²) in [6.45, 7) is 6.62. The molecule has 0 bridgehead atoms. The van der Waals surface area contributed by atoms with Gasteiger partial charge in [-0.05, 0) is 55.8 Å². The lowest BCUT2D eigenvalue weighted by Crippen LogP contribution is -2.37. The van der Waals surface area contributed by atoms with Crippen molar-refractivity contribution in [1.29, 1.82) is 0 Å². The van der Waals surface area contributed by atoms with Crippen LogP contribution in [0.4, 0.5) is 10.5 Å². The first-order chi connectivity index (χ1) is 14.2. The molecule has 1 aliphatic heterocycles. The van der Waals surface area contributed by atoms with E-state index in [0.29, 0.717) is 18.9 Å². The largest absolute Gasteiger partial charge is 0.490 e. The molecule has 0 N–H and O–H groups in total. The van der Waals surface area contributed by atoms with Crippen LogP contribution in [-0.2, 0) is 6.42 Å². The van der Waals surface area contributed by atoms with Gasteiger partial charge in [0.1, 0.15) is 18.1 Å². The average molecular weight is 392 g/mol. The highest BCUT2D eigenvalue weighted by atomic mass is 16.6. The highest BCUT2D eigenvalue weighted by Crippen LogP contribution is 2.31. The topological polar surface area (TPSA) is 42.0 Å². The molecule has 0 saturated carbocycles. The molecule has 5 nitrogen and oxygen atoms in total. The second kappa shape index (κ2) is 10.5. The molecule has 1 amide bonds. The summed E-state index contributed by atoms with van der Waals surface area (Å²) in [5.74, 6) is 1.36. The van der Waals surface area contributed by atoms with Crippen molar-refractivity contribution in [2.75, 3.05) is 38.2 Å². The number of carbonyl (C=O) groups is 1. The third kappa shape index (κ3) is 5.96. The molecule has 0 aliphatic carbocycles. The predicted molar refractivity (Wildman–Crippen MR) is 117 cm³/mol.